The molecule has 43 heavy (non-hydrogen) atoms. The van der Waals surface area contributed by atoms with E-state index in [0.717, 1.165) is 69.6 Å². The largest absolute Gasteiger partial charge is 0.393 e. The summed E-state index contributed by atoms with van der Waals surface area (Å²) in [6.07, 6.45) is 14.1. The first kappa shape index (κ1) is 30.8. The van der Waals surface area contributed by atoms with Crippen molar-refractivity contribution in [2.45, 2.75) is 116 Å². The average molecular weight is 591 g/mol. The number of amides is 1. The Labute approximate surface area is 259 Å². The minimum atomic E-state index is -0.119. The number of carbonyl (C=O) groups is 1. The van der Waals surface area contributed by atoms with Gasteiger partial charge >= 0.3 is 0 Å². The summed E-state index contributed by atoms with van der Waals surface area (Å²) in [7, 11) is 0. The van der Waals surface area contributed by atoms with Gasteiger partial charge in [-0.3, -0.25) is 4.79 Å². The van der Waals surface area contributed by atoms with Gasteiger partial charge in [-0.1, -0.05) is 68.8 Å². The maximum Gasteiger partial charge on any atom is 0.260 e. The van der Waals surface area contributed by atoms with Crippen molar-refractivity contribution in [1.82, 2.24) is 5.32 Å². The van der Waals surface area contributed by atoms with E-state index in [1.54, 1.807) is 0 Å². The van der Waals surface area contributed by atoms with Crippen molar-refractivity contribution in [3.63, 3.8) is 0 Å². The van der Waals surface area contributed by atoms with Crippen molar-refractivity contribution in [1.29, 1.82) is 0 Å². The van der Waals surface area contributed by atoms with Crippen LogP contribution in [0.2, 0.25) is 0 Å². The van der Waals surface area contributed by atoms with E-state index in [-0.39, 0.29) is 41.0 Å². The van der Waals surface area contributed by atoms with Crippen LogP contribution in [0.1, 0.15) is 104 Å². The van der Waals surface area contributed by atoms with Crippen LogP contribution >= 0.6 is 0 Å². The summed E-state index contributed by atoms with van der Waals surface area (Å²) in [5.41, 5.74) is 4.20. The Balaban J connectivity index is 1.02. The van der Waals surface area contributed by atoms with Gasteiger partial charge in [-0.25, -0.2) is 0 Å². The molecule has 2 N–H and O–H groups in total. The van der Waals surface area contributed by atoms with Crippen LogP contribution < -0.4 is 5.32 Å². The molecule has 6 heteroatoms. The van der Waals surface area contributed by atoms with E-state index in [1.807, 2.05) is 0 Å². The number of aliphatic hydroxyl groups is 1. The number of benzene rings is 1. The summed E-state index contributed by atoms with van der Waals surface area (Å²) in [5, 5.41) is 18.3. The third kappa shape index (κ3) is 5.83. The van der Waals surface area contributed by atoms with Crippen molar-refractivity contribution in [3.05, 3.63) is 47.5 Å². The molecule has 0 radical (unpaired) electrons. The highest BCUT2D eigenvalue weighted by Gasteiger charge is 2.58. The van der Waals surface area contributed by atoms with E-state index in [2.05, 4.69) is 74.6 Å². The Kier molecular flexibility index (Phi) is 8.83. The molecule has 1 aliphatic heterocycles. The number of oxime groups is 1. The number of fused-ring (bicyclic) bond motifs is 5. The van der Waals surface area contributed by atoms with E-state index < -0.39 is 0 Å². The van der Waals surface area contributed by atoms with Crippen LogP contribution in [0, 0.1) is 34.5 Å². The molecule has 0 bridgehead atoms. The van der Waals surface area contributed by atoms with Gasteiger partial charge in [0.1, 0.15) is 0 Å². The van der Waals surface area contributed by atoms with E-state index >= 15 is 0 Å². The summed E-state index contributed by atoms with van der Waals surface area (Å²) in [6, 6.07) is 10.7. The first-order chi connectivity index (χ1) is 20.6. The molecule has 5 aliphatic rings. The van der Waals surface area contributed by atoms with Crippen LogP contribution in [-0.4, -0.2) is 48.7 Å². The summed E-state index contributed by atoms with van der Waals surface area (Å²) in [5.74, 6) is 2.46. The molecule has 6 nitrogen and oxygen atoms in total. The molecule has 4 fully saturated rings. The predicted octanol–water partition coefficient (Wildman–Crippen LogP) is 6.96. The molecule has 1 aromatic rings. The van der Waals surface area contributed by atoms with E-state index in [9.17, 15) is 9.90 Å². The number of ether oxygens (including phenoxy) is 1. The molecule has 0 unspecified atom stereocenters. The van der Waals surface area contributed by atoms with Gasteiger partial charge in [0.25, 0.3) is 5.91 Å². The molecule has 236 valence electrons. The quantitative estimate of drug-likeness (QED) is 0.321. The lowest BCUT2D eigenvalue weighted by atomic mass is 9.47. The fraction of sp³-hybridized carbons (Fsp3) is 0.730. The normalized spacial score (nSPS) is 39.9. The number of carbonyl (C=O) groups excluding carboxylic acids is 1. The number of hydrogen-bond acceptors (Lipinski definition) is 5. The second-order valence-electron chi connectivity index (χ2n) is 15.3. The lowest BCUT2D eigenvalue weighted by Crippen LogP contribution is -2.51. The molecule has 0 spiro atoms. The standard InChI is InChI=1S/C37H54N2O4/c1-25(2)32-23-37(19-21-42-32,26-8-6-5-7-9-26)18-20-38-34(41)24-43-39-28-14-16-35(3)27(22-28)10-11-29-30-12-13-33(40)36(30,4)17-15-31(29)35/h5-9,22,25,29-33,40H,10-21,23-24H2,1-4H3,(H,38,41)/b39-28-/t29-,30+,31+,32+,33+,35+,36+,37-/m1/s1. The van der Waals surface area contributed by atoms with Crippen molar-refractivity contribution >= 4 is 11.6 Å². The van der Waals surface area contributed by atoms with Gasteiger partial charge in [0.2, 0.25) is 0 Å². The molecule has 1 amide bonds. The second kappa shape index (κ2) is 12.3. The fourth-order valence-electron chi connectivity index (χ4n) is 10.1. The van der Waals surface area contributed by atoms with Crippen molar-refractivity contribution in [2.24, 2.45) is 39.7 Å². The number of hydrogen-bond donors (Lipinski definition) is 2. The zero-order valence-corrected chi connectivity index (χ0v) is 26.9. The summed E-state index contributed by atoms with van der Waals surface area (Å²) in [6.45, 7) is 10.6. The summed E-state index contributed by atoms with van der Waals surface area (Å²) >= 11 is 0. The SMILES string of the molecule is CC(C)[C@@H]1C[C@](CCNC(=O)CO/N=C2\C=C3CC[C@@H]4[C@@H]5CC[C@H](O)[C@@]5(C)CC[C@@H]4[C@@]3(C)CC2)(c2ccccc2)CCO1. The average Bonchev–Trinajstić information content (AvgIpc) is 3.31. The van der Waals surface area contributed by atoms with Crippen LogP contribution in [0.3, 0.4) is 0 Å². The summed E-state index contributed by atoms with van der Waals surface area (Å²) < 4.78 is 6.11. The molecule has 8 atom stereocenters. The lowest BCUT2D eigenvalue weighted by Gasteiger charge is -2.57. The van der Waals surface area contributed by atoms with E-state index in [0.29, 0.717) is 24.3 Å². The van der Waals surface area contributed by atoms with Crippen LogP contribution in [0.5, 0.6) is 0 Å². The maximum absolute atomic E-state index is 12.8. The molecule has 1 heterocycles. The molecule has 3 saturated carbocycles. The maximum atomic E-state index is 12.8. The van der Waals surface area contributed by atoms with Gasteiger partial charge < -0.3 is 20.0 Å². The monoisotopic (exact) mass is 590 g/mol. The minimum absolute atomic E-state index is 0.0112. The number of allylic oxidation sites excluding steroid dienone is 2. The molecular weight excluding hydrogens is 536 g/mol. The molecular formula is C37H54N2O4. The molecule has 1 aromatic carbocycles. The van der Waals surface area contributed by atoms with Gasteiger partial charge in [-0.05, 0) is 117 Å². The Morgan fingerprint density at radius 2 is 1.88 bits per heavy atom. The Hall–Kier alpha value is -2.18. The predicted molar refractivity (Wildman–Crippen MR) is 171 cm³/mol. The first-order valence-corrected chi connectivity index (χ1v) is 17.2. The number of rotatable bonds is 8. The van der Waals surface area contributed by atoms with Gasteiger partial charge in [0, 0.05) is 18.6 Å². The van der Waals surface area contributed by atoms with Gasteiger partial charge in [0.05, 0.1) is 17.9 Å². The topological polar surface area (TPSA) is 80.2 Å². The highest BCUT2D eigenvalue weighted by Crippen LogP contribution is 2.65. The molecule has 1 saturated heterocycles. The van der Waals surface area contributed by atoms with Gasteiger partial charge in [-0.15, -0.1) is 0 Å². The van der Waals surface area contributed by atoms with Crippen molar-refractivity contribution < 1.29 is 19.5 Å². The first-order valence-electron chi connectivity index (χ1n) is 17.2. The second-order valence-corrected chi connectivity index (χ2v) is 15.3. The zero-order chi connectivity index (χ0) is 30.2. The van der Waals surface area contributed by atoms with Crippen LogP contribution in [-0.2, 0) is 19.8 Å². The molecule has 4 aliphatic carbocycles. The van der Waals surface area contributed by atoms with E-state index in [1.165, 1.54) is 30.4 Å². The highest BCUT2D eigenvalue weighted by molar-refractivity contribution is 5.96. The van der Waals surface area contributed by atoms with Crippen LogP contribution in [0.15, 0.2) is 47.1 Å². The zero-order valence-electron chi connectivity index (χ0n) is 26.9. The van der Waals surface area contributed by atoms with Crippen molar-refractivity contribution in [2.75, 3.05) is 19.8 Å². The minimum Gasteiger partial charge on any atom is -0.393 e. The van der Waals surface area contributed by atoms with Gasteiger partial charge in [0.15, 0.2) is 6.61 Å². The van der Waals surface area contributed by atoms with Crippen molar-refractivity contribution in [3.8, 4) is 0 Å². The van der Waals surface area contributed by atoms with E-state index in [4.69, 9.17) is 9.57 Å². The Morgan fingerprint density at radius 1 is 1.07 bits per heavy atom. The van der Waals surface area contributed by atoms with Gasteiger partial charge in [-0.2, -0.15) is 0 Å². The number of aliphatic hydroxyl groups excluding tert-OH is 1. The smallest absolute Gasteiger partial charge is 0.260 e. The third-order valence-corrected chi connectivity index (χ3v) is 12.9. The molecule has 6 rings (SSSR count). The Bertz CT molecular complexity index is 1210. The summed E-state index contributed by atoms with van der Waals surface area (Å²) in [4.78, 5) is 18.4. The highest BCUT2D eigenvalue weighted by atomic mass is 16.6. The Morgan fingerprint density at radius 3 is 2.67 bits per heavy atom. The lowest BCUT2D eigenvalue weighted by molar-refractivity contribution is -0.125. The fourth-order valence-corrected chi connectivity index (χ4v) is 10.1. The number of nitrogens with one attached hydrogen (secondary N) is 1. The third-order valence-electron chi connectivity index (χ3n) is 12.9. The van der Waals surface area contributed by atoms with Crippen LogP contribution in [0.4, 0.5) is 0 Å². The molecule has 0 aromatic heterocycles. The number of nitrogens with zero attached hydrogens (tertiary/aromatic N) is 1. The van der Waals surface area contributed by atoms with Crippen LogP contribution in [0.25, 0.3) is 0 Å².